The Morgan fingerprint density at radius 1 is 1.32 bits per heavy atom. The van der Waals surface area contributed by atoms with Crippen LogP contribution in [0.3, 0.4) is 0 Å². The number of rotatable bonds is 8. The van der Waals surface area contributed by atoms with E-state index in [1.54, 1.807) is 0 Å². The molecule has 6 atom stereocenters. The molecular formula is C11H20N2O6. The maximum absolute atomic E-state index is 9.76. The molecule has 0 bridgehead atoms. The fourth-order valence-electron chi connectivity index (χ4n) is 2.20. The second-order valence-corrected chi connectivity index (χ2v) is 5.48. The van der Waals surface area contributed by atoms with Gasteiger partial charge in [-0.15, -0.1) is 0 Å². The minimum absolute atomic E-state index is 0.207. The number of hydrogen-bond acceptors (Lipinski definition) is 8. The minimum atomic E-state index is -1.07. The summed E-state index contributed by atoms with van der Waals surface area (Å²) in [6, 6.07) is -0.239. The number of aliphatic hydroxyl groups is 3. The van der Waals surface area contributed by atoms with Crippen molar-refractivity contribution in [3.63, 3.8) is 0 Å². The average Bonchev–Trinajstić information content (AvgIpc) is 3.25. The molecule has 0 radical (unpaired) electrons. The average molecular weight is 276 g/mol. The molecule has 0 saturated carbocycles. The van der Waals surface area contributed by atoms with Crippen molar-refractivity contribution in [1.82, 2.24) is 4.90 Å². The van der Waals surface area contributed by atoms with Crippen LogP contribution in [0.5, 0.6) is 0 Å². The zero-order valence-corrected chi connectivity index (χ0v) is 10.5. The highest BCUT2D eigenvalue weighted by Gasteiger charge is 2.47. The van der Waals surface area contributed by atoms with E-state index in [2.05, 4.69) is 0 Å². The number of ether oxygens (including phenoxy) is 3. The van der Waals surface area contributed by atoms with Gasteiger partial charge < -0.3 is 35.3 Å². The summed E-state index contributed by atoms with van der Waals surface area (Å²) in [5.74, 6) is -1.07. The molecule has 110 valence electrons. The van der Waals surface area contributed by atoms with Crippen LogP contribution in [0.2, 0.25) is 0 Å². The quantitative estimate of drug-likeness (QED) is 0.349. The maximum Gasteiger partial charge on any atom is 0.202 e. The molecule has 5 N–H and O–H groups in total. The first kappa shape index (κ1) is 13.7. The van der Waals surface area contributed by atoms with E-state index in [0.29, 0.717) is 32.7 Å². The van der Waals surface area contributed by atoms with Crippen LogP contribution in [0.1, 0.15) is 6.42 Å². The third-order valence-electron chi connectivity index (χ3n) is 3.64. The zero-order chi connectivity index (χ0) is 13.6. The lowest BCUT2D eigenvalue weighted by Crippen LogP contribution is -2.41. The van der Waals surface area contributed by atoms with E-state index in [9.17, 15) is 10.2 Å². The topological polar surface area (TPSA) is 128 Å². The van der Waals surface area contributed by atoms with E-state index >= 15 is 0 Å². The first-order valence-electron chi connectivity index (χ1n) is 6.48. The minimum Gasteiger partial charge on any atom is -0.366 e. The molecule has 0 aromatic carbocycles. The highest BCUT2D eigenvalue weighted by atomic mass is 16.7. The molecule has 3 heterocycles. The molecule has 3 aliphatic heterocycles. The van der Waals surface area contributed by atoms with Gasteiger partial charge in [0.05, 0.1) is 6.54 Å². The second kappa shape index (κ2) is 4.90. The molecule has 0 aliphatic carbocycles. The summed E-state index contributed by atoms with van der Waals surface area (Å²) in [6.07, 6.45) is -1.32. The number of hydrogen-bond donors (Lipinski definition) is 4. The van der Waals surface area contributed by atoms with Gasteiger partial charge in [0.25, 0.3) is 0 Å². The number of nitrogens with zero attached hydrogens (tertiary/aromatic N) is 1. The van der Waals surface area contributed by atoms with Gasteiger partial charge in [-0.05, 0) is 6.42 Å². The molecule has 19 heavy (non-hydrogen) atoms. The summed E-state index contributed by atoms with van der Waals surface area (Å²) in [6.45, 7) is 1.83. The lowest BCUT2D eigenvalue weighted by atomic mass is 10.1. The molecule has 3 aliphatic rings. The van der Waals surface area contributed by atoms with Crippen molar-refractivity contribution in [3.05, 3.63) is 0 Å². The largest absolute Gasteiger partial charge is 0.366 e. The van der Waals surface area contributed by atoms with Crippen molar-refractivity contribution in [2.75, 3.05) is 26.2 Å². The Labute approximate surface area is 110 Å². The summed E-state index contributed by atoms with van der Waals surface area (Å²) in [5, 5.41) is 28.1. The van der Waals surface area contributed by atoms with Gasteiger partial charge in [0.2, 0.25) is 5.79 Å². The van der Waals surface area contributed by atoms with Crippen molar-refractivity contribution >= 4 is 0 Å². The van der Waals surface area contributed by atoms with Crippen LogP contribution in [0.15, 0.2) is 0 Å². The van der Waals surface area contributed by atoms with Gasteiger partial charge in [-0.2, -0.15) is 0 Å². The Balaban J connectivity index is 1.44. The summed E-state index contributed by atoms with van der Waals surface area (Å²) in [7, 11) is 0. The Morgan fingerprint density at radius 2 is 1.95 bits per heavy atom. The zero-order valence-electron chi connectivity index (χ0n) is 10.5. The van der Waals surface area contributed by atoms with Crippen molar-refractivity contribution < 1.29 is 29.5 Å². The Hall–Kier alpha value is -0.320. The maximum atomic E-state index is 9.76. The van der Waals surface area contributed by atoms with Crippen LogP contribution in [0.25, 0.3) is 0 Å². The third-order valence-corrected chi connectivity index (χ3v) is 3.64. The molecule has 8 nitrogen and oxygen atoms in total. The Bertz CT molecular complexity index is 339. The van der Waals surface area contributed by atoms with E-state index < -0.39 is 18.4 Å². The highest BCUT2D eigenvalue weighted by Crippen LogP contribution is 2.28. The second-order valence-electron chi connectivity index (χ2n) is 5.48. The van der Waals surface area contributed by atoms with Crippen LogP contribution >= 0.6 is 0 Å². The predicted octanol–water partition coefficient (Wildman–Crippen LogP) is -2.84. The summed E-state index contributed by atoms with van der Waals surface area (Å²) in [5.41, 5.74) is 5.88. The first-order valence-corrected chi connectivity index (χ1v) is 6.48. The Kier molecular flexibility index (Phi) is 3.52. The molecule has 0 amide bonds. The number of epoxide rings is 3. The van der Waals surface area contributed by atoms with Gasteiger partial charge in [-0.1, -0.05) is 0 Å². The van der Waals surface area contributed by atoms with Crippen LogP contribution in [0.4, 0.5) is 0 Å². The van der Waals surface area contributed by atoms with Crippen molar-refractivity contribution in [1.29, 1.82) is 0 Å². The molecule has 3 saturated heterocycles. The molecule has 8 heteroatoms. The molecule has 0 aromatic rings. The van der Waals surface area contributed by atoms with Crippen molar-refractivity contribution in [2.45, 2.75) is 43.0 Å². The molecule has 0 spiro atoms. The van der Waals surface area contributed by atoms with E-state index in [0.717, 1.165) is 0 Å². The highest BCUT2D eigenvalue weighted by molar-refractivity contribution is 4.90. The van der Waals surface area contributed by atoms with Crippen LogP contribution in [0, 0.1) is 0 Å². The fourth-order valence-corrected chi connectivity index (χ4v) is 2.20. The van der Waals surface area contributed by atoms with E-state index in [1.165, 1.54) is 0 Å². The molecular weight excluding hydrogens is 256 g/mol. The SMILES string of the molecule is NC(CCN(CC1OC1O)CC1(O)CO1)C1OC1O. The molecule has 0 aromatic heterocycles. The molecule has 3 fully saturated rings. The smallest absolute Gasteiger partial charge is 0.202 e. The fraction of sp³-hybridized carbons (Fsp3) is 1.00. The summed E-state index contributed by atoms with van der Waals surface area (Å²) in [4.78, 5) is 1.95. The first-order chi connectivity index (χ1) is 8.97. The number of aliphatic hydroxyl groups excluding tert-OH is 2. The van der Waals surface area contributed by atoms with Gasteiger partial charge in [0.15, 0.2) is 12.6 Å². The van der Waals surface area contributed by atoms with Crippen molar-refractivity contribution in [3.8, 4) is 0 Å². The molecule has 3 rings (SSSR count). The third kappa shape index (κ3) is 3.61. The van der Waals surface area contributed by atoms with E-state index in [4.69, 9.17) is 25.1 Å². The number of nitrogens with two attached hydrogens (primary N) is 1. The normalized spacial score (nSPS) is 45.3. The summed E-state index contributed by atoms with van der Waals surface area (Å²) < 4.78 is 14.8. The van der Waals surface area contributed by atoms with Crippen LogP contribution < -0.4 is 5.73 Å². The lowest BCUT2D eigenvalue weighted by molar-refractivity contribution is 0.000883. The van der Waals surface area contributed by atoms with Gasteiger partial charge in [-0.3, -0.25) is 4.90 Å². The summed E-state index contributed by atoms with van der Waals surface area (Å²) >= 11 is 0. The standard InChI is InChI=1S/C11H20N2O6/c12-6(8-10(15)19-8)1-2-13(3-7-9(14)18-7)4-11(16)5-17-11/h6-10,14-16H,1-5,12H2. The van der Waals surface area contributed by atoms with Crippen LogP contribution in [-0.4, -0.2) is 83.1 Å². The van der Waals surface area contributed by atoms with Crippen LogP contribution in [-0.2, 0) is 14.2 Å². The lowest BCUT2D eigenvalue weighted by Gasteiger charge is -2.23. The van der Waals surface area contributed by atoms with E-state index in [1.807, 2.05) is 4.90 Å². The van der Waals surface area contributed by atoms with Gasteiger partial charge in [-0.25, -0.2) is 0 Å². The molecule has 6 unspecified atom stereocenters. The Morgan fingerprint density at radius 3 is 2.42 bits per heavy atom. The van der Waals surface area contributed by atoms with Gasteiger partial charge in [0, 0.05) is 19.1 Å². The van der Waals surface area contributed by atoms with E-state index in [-0.39, 0.29) is 18.2 Å². The van der Waals surface area contributed by atoms with Gasteiger partial charge in [0.1, 0.15) is 18.8 Å². The van der Waals surface area contributed by atoms with Gasteiger partial charge >= 0.3 is 0 Å². The monoisotopic (exact) mass is 276 g/mol. The predicted molar refractivity (Wildman–Crippen MR) is 61.7 cm³/mol. The van der Waals surface area contributed by atoms with Crippen molar-refractivity contribution in [2.24, 2.45) is 5.73 Å².